The predicted octanol–water partition coefficient (Wildman–Crippen LogP) is 4.86. The average molecular weight is 359 g/mol. The van der Waals surface area contributed by atoms with Crippen LogP contribution in [0.4, 0.5) is 5.69 Å². The maximum absolute atomic E-state index is 6.33. The van der Waals surface area contributed by atoms with Gasteiger partial charge in [-0.2, -0.15) is 0 Å². The van der Waals surface area contributed by atoms with Crippen molar-refractivity contribution in [2.45, 2.75) is 40.0 Å². The third-order valence-corrected chi connectivity index (χ3v) is 4.75. The average Bonchev–Trinajstić information content (AvgIpc) is 3.12. The topological polar surface area (TPSA) is 50.6 Å². The molecule has 0 spiro atoms. The van der Waals surface area contributed by atoms with Crippen LogP contribution in [0.1, 0.15) is 36.6 Å². The van der Waals surface area contributed by atoms with E-state index in [0.29, 0.717) is 10.9 Å². The van der Waals surface area contributed by atoms with Gasteiger partial charge >= 0.3 is 0 Å². The molecule has 3 rings (SSSR count). The van der Waals surface area contributed by atoms with Crippen molar-refractivity contribution in [3.8, 4) is 11.6 Å². The van der Waals surface area contributed by atoms with Crippen LogP contribution >= 0.6 is 11.6 Å². The molecule has 5 nitrogen and oxygen atoms in total. The maximum atomic E-state index is 6.33. The first-order valence-corrected chi connectivity index (χ1v) is 9.03. The molecule has 2 heterocycles. The second kappa shape index (κ2) is 7.83. The van der Waals surface area contributed by atoms with Crippen LogP contribution in [-0.2, 0) is 6.42 Å². The van der Waals surface area contributed by atoms with Crippen LogP contribution < -0.4 is 4.74 Å². The van der Waals surface area contributed by atoms with E-state index in [-0.39, 0.29) is 0 Å². The fourth-order valence-electron chi connectivity index (χ4n) is 2.83. The number of hydrogen-bond donors (Lipinski definition) is 0. The number of likely N-dealkylation sites (tertiary alicyclic amines) is 1. The van der Waals surface area contributed by atoms with Gasteiger partial charge in [-0.1, -0.05) is 18.5 Å². The first-order chi connectivity index (χ1) is 12.1. The van der Waals surface area contributed by atoms with Crippen molar-refractivity contribution >= 4 is 23.6 Å². The highest BCUT2D eigenvalue weighted by Crippen LogP contribution is 2.34. The molecule has 0 bridgehead atoms. The molecule has 0 radical (unpaired) electrons. The van der Waals surface area contributed by atoms with Crippen molar-refractivity contribution in [1.29, 1.82) is 0 Å². The highest BCUT2D eigenvalue weighted by Gasteiger charge is 2.13. The van der Waals surface area contributed by atoms with Gasteiger partial charge in [0.1, 0.15) is 17.1 Å². The molecule has 2 aromatic rings. The molecule has 0 atom stereocenters. The Hall–Kier alpha value is -2.14. The number of aliphatic imine (C=N–C) groups is 1. The summed E-state index contributed by atoms with van der Waals surface area (Å²) >= 11 is 6.33. The van der Waals surface area contributed by atoms with Gasteiger partial charge < -0.3 is 9.64 Å². The summed E-state index contributed by atoms with van der Waals surface area (Å²) in [4.78, 5) is 15.2. The molecule has 1 aromatic carbocycles. The molecular formula is C19H23ClN4O. The standard InChI is InChI=1S/C19H23ClN4O/c1-4-15-18(20)19(22-11-21-15)25-17-10-13(2)16(9-14(17)3)23-12-24-7-5-6-8-24/h9-12H,4-8H2,1-3H3. The molecule has 132 valence electrons. The number of nitrogens with zero attached hydrogens (tertiary/aromatic N) is 4. The van der Waals surface area contributed by atoms with Crippen LogP contribution in [0.25, 0.3) is 0 Å². The fraction of sp³-hybridized carbons (Fsp3) is 0.421. The van der Waals surface area contributed by atoms with Crippen molar-refractivity contribution < 1.29 is 4.74 Å². The summed E-state index contributed by atoms with van der Waals surface area (Å²) in [5.74, 6) is 1.13. The largest absolute Gasteiger partial charge is 0.437 e. The van der Waals surface area contributed by atoms with Crippen molar-refractivity contribution in [2.75, 3.05) is 13.1 Å². The molecule has 0 N–H and O–H groups in total. The lowest BCUT2D eigenvalue weighted by Crippen LogP contribution is -2.16. The zero-order valence-corrected chi connectivity index (χ0v) is 15.7. The lowest BCUT2D eigenvalue weighted by molar-refractivity contribution is 0.457. The van der Waals surface area contributed by atoms with Gasteiger partial charge in [-0.15, -0.1) is 0 Å². The van der Waals surface area contributed by atoms with Gasteiger partial charge in [-0.3, -0.25) is 0 Å². The Morgan fingerprint density at radius 2 is 1.96 bits per heavy atom. The second-order valence-corrected chi connectivity index (χ2v) is 6.66. The normalized spacial score (nSPS) is 14.5. The van der Waals surface area contributed by atoms with E-state index in [1.807, 2.05) is 39.2 Å². The van der Waals surface area contributed by atoms with Crippen LogP contribution in [0.2, 0.25) is 5.02 Å². The summed E-state index contributed by atoms with van der Waals surface area (Å²) in [7, 11) is 0. The first kappa shape index (κ1) is 17.7. The van der Waals surface area contributed by atoms with Gasteiger partial charge in [0.25, 0.3) is 0 Å². The molecule has 25 heavy (non-hydrogen) atoms. The highest BCUT2D eigenvalue weighted by atomic mass is 35.5. The Balaban J connectivity index is 1.82. The van der Waals surface area contributed by atoms with Gasteiger partial charge in [0.15, 0.2) is 0 Å². The van der Waals surface area contributed by atoms with Gasteiger partial charge in [0.2, 0.25) is 5.88 Å². The van der Waals surface area contributed by atoms with Crippen molar-refractivity contribution in [3.63, 3.8) is 0 Å². The quantitative estimate of drug-likeness (QED) is 0.566. The molecular weight excluding hydrogens is 336 g/mol. The number of ether oxygens (including phenoxy) is 1. The molecule has 1 aromatic heterocycles. The minimum Gasteiger partial charge on any atom is -0.437 e. The van der Waals surface area contributed by atoms with Crippen LogP contribution in [0.5, 0.6) is 11.6 Å². The smallest absolute Gasteiger partial charge is 0.241 e. The van der Waals surface area contributed by atoms with E-state index >= 15 is 0 Å². The van der Waals surface area contributed by atoms with Crippen molar-refractivity contribution in [3.05, 3.63) is 40.3 Å². The third-order valence-electron chi connectivity index (χ3n) is 4.37. The molecule has 1 saturated heterocycles. The van der Waals surface area contributed by atoms with Gasteiger partial charge in [-0.25, -0.2) is 15.0 Å². The Morgan fingerprint density at radius 1 is 1.20 bits per heavy atom. The van der Waals surface area contributed by atoms with E-state index in [4.69, 9.17) is 16.3 Å². The van der Waals surface area contributed by atoms with Gasteiger partial charge in [-0.05, 0) is 56.4 Å². The highest BCUT2D eigenvalue weighted by molar-refractivity contribution is 6.32. The Kier molecular flexibility index (Phi) is 5.53. The fourth-order valence-corrected chi connectivity index (χ4v) is 3.10. The van der Waals surface area contributed by atoms with E-state index in [1.165, 1.54) is 19.2 Å². The summed E-state index contributed by atoms with van der Waals surface area (Å²) in [6.45, 7) is 8.21. The van der Waals surface area contributed by atoms with Crippen LogP contribution in [0.15, 0.2) is 23.5 Å². The van der Waals surface area contributed by atoms with E-state index in [2.05, 4.69) is 19.9 Å². The molecule has 0 amide bonds. The molecule has 1 aliphatic rings. The third kappa shape index (κ3) is 4.10. The number of halogens is 1. The number of benzene rings is 1. The first-order valence-electron chi connectivity index (χ1n) is 8.65. The van der Waals surface area contributed by atoms with E-state index in [9.17, 15) is 0 Å². The lowest BCUT2D eigenvalue weighted by atomic mass is 10.1. The molecule has 6 heteroatoms. The molecule has 0 unspecified atom stereocenters. The molecule has 0 aliphatic carbocycles. The lowest BCUT2D eigenvalue weighted by Gasteiger charge is -2.13. The monoisotopic (exact) mass is 358 g/mol. The van der Waals surface area contributed by atoms with Crippen LogP contribution in [0.3, 0.4) is 0 Å². The number of aromatic nitrogens is 2. The van der Waals surface area contributed by atoms with E-state index in [0.717, 1.165) is 47.8 Å². The molecule has 1 aliphatic heterocycles. The predicted molar refractivity (Wildman–Crippen MR) is 101 cm³/mol. The summed E-state index contributed by atoms with van der Waals surface area (Å²) in [5, 5.41) is 0.471. The Labute approximate surface area is 153 Å². The molecule has 1 fully saturated rings. The Bertz CT molecular complexity index is 785. The van der Waals surface area contributed by atoms with Gasteiger partial charge in [0.05, 0.1) is 17.7 Å². The summed E-state index contributed by atoms with van der Waals surface area (Å²) < 4.78 is 5.95. The number of rotatable bonds is 5. The SMILES string of the molecule is CCc1ncnc(Oc2cc(C)c(N=CN3CCCC3)cc2C)c1Cl. The number of hydrogen-bond acceptors (Lipinski definition) is 4. The van der Waals surface area contributed by atoms with Gasteiger partial charge in [0, 0.05) is 13.1 Å². The number of aryl methyl sites for hydroxylation is 3. The second-order valence-electron chi connectivity index (χ2n) is 6.29. The minimum absolute atomic E-state index is 0.393. The van der Waals surface area contributed by atoms with Crippen molar-refractivity contribution in [1.82, 2.24) is 14.9 Å². The summed E-state index contributed by atoms with van der Waals surface area (Å²) in [6, 6.07) is 4.02. The zero-order chi connectivity index (χ0) is 17.8. The molecule has 0 saturated carbocycles. The summed E-state index contributed by atoms with van der Waals surface area (Å²) in [6.07, 6.45) is 6.66. The van der Waals surface area contributed by atoms with Crippen LogP contribution in [0, 0.1) is 13.8 Å². The van der Waals surface area contributed by atoms with Crippen LogP contribution in [-0.4, -0.2) is 34.3 Å². The minimum atomic E-state index is 0.393. The Morgan fingerprint density at radius 3 is 2.68 bits per heavy atom. The van der Waals surface area contributed by atoms with E-state index < -0.39 is 0 Å². The maximum Gasteiger partial charge on any atom is 0.241 e. The van der Waals surface area contributed by atoms with E-state index in [1.54, 1.807) is 0 Å². The summed E-state index contributed by atoms with van der Waals surface area (Å²) in [5.41, 5.74) is 3.79. The van der Waals surface area contributed by atoms with Crippen molar-refractivity contribution in [2.24, 2.45) is 4.99 Å². The zero-order valence-electron chi connectivity index (χ0n) is 14.9.